The number of fused-ring (bicyclic) bond motifs is 2. The van der Waals surface area contributed by atoms with Gasteiger partial charge in [0.05, 0.1) is 11.0 Å². The van der Waals surface area contributed by atoms with E-state index in [4.69, 9.17) is 21.1 Å². The van der Waals surface area contributed by atoms with Gasteiger partial charge in [0, 0.05) is 95.8 Å². The van der Waals surface area contributed by atoms with Crippen molar-refractivity contribution in [3.8, 4) is 0 Å². The number of carbonyl (C=O) groups excluding carboxylic acids is 3. The number of nitrogens with one attached hydrogen (secondary N) is 2. The summed E-state index contributed by atoms with van der Waals surface area (Å²) in [6.07, 6.45) is 8.49. The van der Waals surface area contributed by atoms with Gasteiger partial charge in [-0.3, -0.25) is 24.0 Å². The van der Waals surface area contributed by atoms with Crippen molar-refractivity contribution in [2.45, 2.75) is 94.4 Å². The van der Waals surface area contributed by atoms with Crippen LogP contribution in [0.3, 0.4) is 0 Å². The highest BCUT2D eigenvalue weighted by molar-refractivity contribution is 6.03. The number of likely N-dealkylation sites (tertiary alicyclic amines) is 2. The molecule has 4 aromatic carbocycles. The summed E-state index contributed by atoms with van der Waals surface area (Å²) in [5, 5.41) is 32.4. The van der Waals surface area contributed by atoms with E-state index in [9.17, 15) is 28.8 Å². The second-order valence-electron chi connectivity index (χ2n) is 18.4. The van der Waals surface area contributed by atoms with Crippen molar-refractivity contribution >= 4 is 81.2 Å². The number of anilines is 2. The quantitative estimate of drug-likeness (QED) is 0.0299. The van der Waals surface area contributed by atoms with Crippen molar-refractivity contribution in [1.29, 1.82) is 0 Å². The van der Waals surface area contributed by atoms with E-state index in [1.54, 1.807) is 55.5 Å². The van der Waals surface area contributed by atoms with Crippen molar-refractivity contribution < 1.29 is 44.1 Å². The lowest BCUT2D eigenvalue weighted by Gasteiger charge is -2.17. The first-order valence-electron chi connectivity index (χ1n) is 25.9. The smallest absolute Gasteiger partial charge is 0.330 e. The Morgan fingerprint density at radius 2 is 1.04 bits per heavy atom. The summed E-state index contributed by atoms with van der Waals surface area (Å²) in [5.41, 5.74) is 11.0. The molecule has 2 aromatic heterocycles. The molecule has 0 aliphatic carbocycles. The molecule has 0 spiro atoms. The van der Waals surface area contributed by atoms with Gasteiger partial charge < -0.3 is 41.5 Å². The molecular formula is C61H82ClN9O9. The fraction of sp³-hybridized carbons (Fsp3) is 0.377. The van der Waals surface area contributed by atoms with Crippen LogP contribution in [-0.4, -0.2) is 120 Å². The molecule has 0 bridgehead atoms. The lowest BCUT2D eigenvalue weighted by atomic mass is 10.0. The minimum Gasteiger partial charge on any atom is -0.481 e. The van der Waals surface area contributed by atoms with Gasteiger partial charge in [0.2, 0.25) is 0 Å². The first kappa shape index (κ1) is 69.9. The summed E-state index contributed by atoms with van der Waals surface area (Å²) < 4.78 is 0. The van der Waals surface area contributed by atoms with E-state index >= 15 is 0 Å². The van der Waals surface area contributed by atoms with Gasteiger partial charge in [0.1, 0.15) is 11.6 Å². The van der Waals surface area contributed by atoms with Gasteiger partial charge >= 0.3 is 17.9 Å². The van der Waals surface area contributed by atoms with E-state index in [2.05, 4.69) is 57.6 Å². The molecule has 8 rings (SSSR count). The Bertz CT molecular complexity index is 2940. The number of nitrogens with two attached hydrogens (primary N) is 1. The van der Waals surface area contributed by atoms with E-state index in [0.29, 0.717) is 59.3 Å². The van der Waals surface area contributed by atoms with Crippen molar-refractivity contribution in [2.24, 2.45) is 17.8 Å². The Balaban J connectivity index is 0.000000580. The van der Waals surface area contributed by atoms with Gasteiger partial charge in [0.25, 0.3) is 17.7 Å². The van der Waals surface area contributed by atoms with Gasteiger partial charge in [0.15, 0.2) is 5.92 Å². The number of halogens is 1. The molecule has 6 aromatic rings. The number of rotatable bonds is 16. The zero-order valence-electron chi connectivity index (χ0n) is 45.2. The first-order valence-corrected chi connectivity index (χ1v) is 25.9. The molecule has 7 N–H and O–H groups in total. The van der Waals surface area contributed by atoms with Gasteiger partial charge in [-0.25, -0.2) is 24.7 Å². The molecule has 2 aliphatic rings. The number of carboxylic acids is 3. The predicted octanol–water partition coefficient (Wildman–Crippen LogP) is 10.7. The maximum Gasteiger partial charge on any atom is 0.330 e. The summed E-state index contributed by atoms with van der Waals surface area (Å²) in [4.78, 5) is 89.3. The Morgan fingerprint density at radius 3 is 1.38 bits per heavy atom. The molecule has 0 unspecified atom stereocenters. The topological polar surface area (TPSA) is 271 Å². The number of para-hydroxylation sites is 2. The predicted molar refractivity (Wildman–Crippen MR) is 321 cm³/mol. The van der Waals surface area contributed by atoms with Crippen molar-refractivity contribution in [2.75, 3.05) is 50.3 Å². The molecule has 432 valence electrons. The first-order chi connectivity index (χ1) is 36.9. The number of hydrogen-bond acceptors (Lipinski definition) is 12. The minimum atomic E-state index is -1.27. The largest absolute Gasteiger partial charge is 0.481 e. The monoisotopic (exact) mass is 1120 g/mol. The maximum absolute atomic E-state index is 12.9. The number of carboxylic acid groups (broad SMARTS) is 3. The average Bonchev–Trinajstić information content (AvgIpc) is 4.11. The van der Waals surface area contributed by atoms with Crippen LogP contribution in [0, 0.1) is 17.8 Å². The van der Waals surface area contributed by atoms with Crippen LogP contribution in [0.4, 0.5) is 11.4 Å². The van der Waals surface area contributed by atoms with Crippen LogP contribution in [0.25, 0.3) is 21.8 Å². The highest BCUT2D eigenvalue weighted by atomic mass is 35.5. The normalized spacial score (nSPS) is 13.8. The third kappa shape index (κ3) is 22.3. The van der Waals surface area contributed by atoms with Crippen LogP contribution in [0.5, 0.6) is 0 Å². The van der Waals surface area contributed by atoms with Crippen molar-refractivity contribution in [1.82, 2.24) is 35.1 Å². The molecule has 4 heterocycles. The number of benzene rings is 4. The highest BCUT2D eigenvalue weighted by Gasteiger charge is 2.29. The number of nitrogens with zero attached hydrogens (tertiary/aromatic N) is 6. The third-order valence-corrected chi connectivity index (χ3v) is 12.7. The lowest BCUT2D eigenvalue weighted by molar-refractivity contribution is -0.154. The second-order valence-corrected chi connectivity index (χ2v) is 18.4. The van der Waals surface area contributed by atoms with Crippen molar-refractivity contribution in [3.05, 3.63) is 157 Å². The van der Waals surface area contributed by atoms with Gasteiger partial charge in [-0.15, -0.1) is 12.4 Å². The zero-order chi connectivity index (χ0) is 56.4. The lowest BCUT2D eigenvalue weighted by Crippen LogP contribution is -2.29. The van der Waals surface area contributed by atoms with E-state index < -0.39 is 23.8 Å². The highest BCUT2D eigenvalue weighted by Crippen LogP contribution is 2.25. The molecule has 80 heavy (non-hydrogen) atoms. The van der Waals surface area contributed by atoms with Gasteiger partial charge in [-0.1, -0.05) is 99.0 Å². The van der Waals surface area contributed by atoms with E-state index in [1.807, 2.05) is 77.6 Å². The number of aromatic nitrogens is 4. The van der Waals surface area contributed by atoms with Gasteiger partial charge in [-0.05, 0) is 118 Å². The molecule has 2 fully saturated rings. The van der Waals surface area contributed by atoms with Gasteiger partial charge in [-0.2, -0.15) is 0 Å². The van der Waals surface area contributed by atoms with Crippen LogP contribution < -0.4 is 16.4 Å². The molecule has 2 atom stereocenters. The van der Waals surface area contributed by atoms with Crippen LogP contribution in [0.1, 0.15) is 114 Å². The summed E-state index contributed by atoms with van der Waals surface area (Å²) in [7, 11) is 0. The molecule has 3 amide bonds. The zero-order valence-corrected chi connectivity index (χ0v) is 46.0. The molecule has 2 saturated heterocycles. The molecular weight excluding hydrogens is 1040 g/mol. The summed E-state index contributed by atoms with van der Waals surface area (Å²) in [5.74, 6) is -2.37. The Kier molecular flexibility index (Phi) is 31.6. The Hall–Kier alpha value is -8.09. The SMILES string of the molecule is C.C.C=C(CC)C(=O)Nc1ccc(C(=O)N2CC[C@@H](Cc3ncc4ccccc4n3)C2)cc1.C=C(CC)C(=O)O.CCC(C(=O)O)C(=O)O.CCNCC.Cl.Nc1ccc(C(=O)N2CC[C@@H](Cc3ncc4ccccc4n3)C2)cc1. The molecule has 18 nitrogen and oxygen atoms in total. The fourth-order valence-corrected chi connectivity index (χ4v) is 8.02. The summed E-state index contributed by atoms with van der Waals surface area (Å²) in [6, 6.07) is 30.1. The Morgan fingerprint density at radius 1 is 0.625 bits per heavy atom. The Labute approximate surface area is 477 Å². The maximum atomic E-state index is 12.9. The molecule has 0 saturated carbocycles. The standard InChI is InChI=1S/C25H26N4O2.C20H20N4O.C5H8O4.C5H8O2.C4H11N.2CH4.ClH/c1-3-17(2)24(30)27-21-10-8-19(9-11-21)25(31)29-13-12-18(16-29)14-23-26-15-20-6-4-5-7-22(20)28-23;21-17-7-5-15(6-8-17)20(25)24-10-9-14(13-24)11-19-22-12-16-3-1-2-4-18(16)23-19;1-2-3(4(6)7)5(8)9;1-3-4(2)5(6)7;1-3-5-4-2;;;/h4-11,15,18H,2-3,12-14,16H2,1H3,(H,27,30);1-8,12,14H,9-11,13,21H2;3H,2H2,1H3,(H,6,7)(H,8,9);2-3H2,1H3,(H,6,7);5H,3-4H2,1-2H3;2*1H4;1H/t18-;14-;;;;;;/m00....../s1. The number of carbonyl (C=O) groups is 6. The summed E-state index contributed by atoms with van der Waals surface area (Å²) >= 11 is 0. The van der Waals surface area contributed by atoms with E-state index in [1.165, 1.54) is 6.92 Å². The third-order valence-electron chi connectivity index (χ3n) is 12.7. The summed E-state index contributed by atoms with van der Waals surface area (Å²) in [6.45, 7) is 21.5. The number of aliphatic carboxylic acids is 3. The van der Waals surface area contributed by atoms with E-state index in [-0.39, 0.29) is 57.0 Å². The molecule has 2 aliphatic heterocycles. The fourth-order valence-electron chi connectivity index (χ4n) is 8.02. The van der Waals surface area contributed by atoms with Crippen LogP contribution in [-0.2, 0) is 32.0 Å². The number of hydrogen-bond donors (Lipinski definition) is 6. The van der Waals surface area contributed by atoms with Crippen LogP contribution in [0.15, 0.2) is 134 Å². The molecule has 19 heteroatoms. The van der Waals surface area contributed by atoms with Crippen LogP contribution in [0.2, 0.25) is 0 Å². The van der Waals surface area contributed by atoms with Crippen LogP contribution >= 0.6 is 12.4 Å². The minimum absolute atomic E-state index is 0. The van der Waals surface area contributed by atoms with E-state index in [0.717, 1.165) is 91.9 Å². The second kappa shape index (κ2) is 36.2. The molecule has 0 radical (unpaired) electrons. The number of amides is 3. The number of nitrogen functional groups attached to an aromatic ring is 1. The van der Waals surface area contributed by atoms with Crippen molar-refractivity contribution in [3.63, 3.8) is 0 Å². The average molecular weight is 1120 g/mol.